The number of hydrogen-bond donors (Lipinski definition) is 2. The predicted molar refractivity (Wildman–Crippen MR) is 72.1 cm³/mol. The molecule has 2 heterocycles. The molecule has 104 valence electrons. The molecule has 1 saturated heterocycles. The molecule has 0 amide bonds. The Morgan fingerprint density at radius 3 is 3.26 bits per heavy atom. The van der Waals surface area contributed by atoms with Crippen molar-refractivity contribution in [3.8, 4) is 0 Å². The van der Waals surface area contributed by atoms with Gasteiger partial charge in [0.2, 0.25) is 0 Å². The lowest BCUT2D eigenvalue weighted by Crippen LogP contribution is -2.44. The second-order valence-electron chi connectivity index (χ2n) is 4.60. The Hall–Kier alpha value is -1.66. The number of rotatable bonds is 4. The topological polar surface area (TPSA) is 84.0 Å². The molecule has 1 aliphatic rings. The lowest BCUT2D eigenvalue weighted by Gasteiger charge is -2.35. The molecule has 1 aromatic rings. The first-order valence-electron chi connectivity index (χ1n) is 6.49. The molecular weight excluding hydrogens is 244 g/mol. The standard InChI is InChI=1S/C13H20N4O2/c1-2-11-9-19-7-6-17(11)8-10-4-3-5-15-12(10)13(14)16-18/h3-5,11,18H,2,6-9H2,1H3,(H2,14,16). The van der Waals surface area contributed by atoms with Gasteiger partial charge < -0.3 is 15.7 Å². The number of pyridine rings is 1. The van der Waals surface area contributed by atoms with E-state index in [9.17, 15) is 0 Å². The maximum absolute atomic E-state index is 8.81. The molecule has 6 heteroatoms. The van der Waals surface area contributed by atoms with Gasteiger partial charge in [-0.05, 0) is 18.1 Å². The zero-order valence-electron chi connectivity index (χ0n) is 11.1. The molecule has 3 N–H and O–H groups in total. The van der Waals surface area contributed by atoms with E-state index in [0.29, 0.717) is 11.7 Å². The van der Waals surface area contributed by atoms with E-state index in [1.165, 1.54) is 0 Å². The van der Waals surface area contributed by atoms with E-state index in [1.807, 2.05) is 12.1 Å². The molecule has 0 aliphatic carbocycles. The predicted octanol–water partition coefficient (Wildman–Crippen LogP) is 0.787. The van der Waals surface area contributed by atoms with Crippen LogP contribution in [0.2, 0.25) is 0 Å². The number of nitrogens with two attached hydrogens (primary N) is 1. The molecular formula is C13H20N4O2. The lowest BCUT2D eigenvalue weighted by atomic mass is 10.1. The third-order valence-corrected chi connectivity index (χ3v) is 3.44. The third kappa shape index (κ3) is 3.21. The van der Waals surface area contributed by atoms with E-state index in [0.717, 1.165) is 38.3 Å². The van der Waals surface area contributed by atoms with Gasteiger partial charge in [-0.25, -0.2) is 0 Å². The summed E-state index contributed by atoms with van der Waals surface area (Å²) in [6, 6.07) is 4.24. The molecule has 0 radical (unpaired) electrons. The van der Waals surface area contributed by atoms with Gasteiger partial charge in [0.1, 0.15) is 5.69 Å². The third-order valence-electron chi connectivity index (χ3n) is 3.44. The highest BCUT2D eigenvalue weighted by molar-refractivity contribution is 5.96. The summed E-state index contributed by atoms with van der Waals surface area (Å²) in [6.45, 7) is 5.29. The number of aromatic nitrogens is 1. The highest BCUT2D eigenvalue weighted by Crippen LogP contribution is 2.16. The van der Waals surface area contributed by atoms with Crippen LogP contribution in [0, 0.1) is 0 Å². The molecule has 2 rings (SSSR count). The largest absolute Gasteiger partial charge is 0.409 e. The van der Waals surface area contributed by atoms with Crippen LogP contribution in [-0.4, -0.2) is 46.7 Å². The van der Waals surface area contributed by atoms with E-state index in [-0.39, 0.29) is 5.84 Å². The Morgan fingerprint density at radius 1 is 1.68 bits per heavy atom. The van der Waals surface area contributed by atoms with Crippen molar-refractivity contribution in [2.75, 3.05) is 19.8 Å². The van der Waals surface area contributed by atoms with Crippen molar-refractivity contribution in [1.82, 2.24) is 9.88 Å². The van der Waals surface area contributed by atoms with Gasteiger partial charge in [-0.15, -0.1) is 0 Å². The number of amidine groups is 1. The minimum atomic E-state index is 0.0527. The summed E-state index contributed by atoms with van der Waals surface area (Å²) in [4.78, 5) is 6.55. The maximum atomic E-state index is 8.81. The number of nitrogens with zero attached hydrogens (tertiary/aromatic N) is 3. The summed E-state index contributed by atoms with van der Waals surface area (Å²) >= 11 is 0. The summed E-state index contributed by atoms with van der Waals surface area (Å²) < 4.78 is 5.49. The Labute approximate surface area is 112 Å². The van der Waals surface area contributed by atoms with Crippen LogP contribution in [0.1, 0.15) is 24.6 Å². The first-order chi connectivity index (χ1) is 9.26. The fraction of sp³-hybridized carbons (Fsp3) is 0.538. The number of ether oxygens (including phenoxy) is 1. The van der Waals surface area contributed by atoms with Crippen molar-refractivity contribution in [2.45, 2.75) is 25.9 Å². The monoisotopic (exact) mass is 264 g/mol. The van der Waals surface area contributed by atoms with E-state index < -0.39 is 0 Å². The summed E-state index contributed by atoms with van der Waals surface area (Å²) in [5.74, 6) is 0.0527. The van der Waals surface area contributed by atoms with Crippen LogP contribution < -0.4 is 5.73 Å². The van der Waals surface area contributed by atoms with Gasteiger partial charge >= 0.3 is 0 Å². The number of oxime groups is 1. The van der Waals surface area contributed by atoms with Crippen molar-refractivity contribution in [3.63, 3.8) is 0 Å². The van der Waals surface area contributed by atoms with Gasteiger partial charge in [0.05, 0.1) is 13.2 Å². The molecule has 0 saturated carbocycles. The fourth-order valence-corrected chi connectivity index (χ4v) is 2.34. The Kier molecular flexibility index (Phi) is 4.70. The van der Waals surface area contributed by atoms with E-state index >= 15 is 0 Å². The molecule has 19 heavy (non-hydrogen) atoms. The highest BCUT2D eigenvalue weighted by Gasteiger charge is 2.22. The molecule has 0 aromatic carbocycles. The summed E-state index contributed by atoms with van der Waals surface area (Å²) in [7, 11) is 0. The summed E-state index contributed by atoms with van der Waals surface area (Å²) in [5.41, 5.74) is 7.18. The zero-order chi connectivity index (χ0) is 13.7. The maximum Gasteiger partial charge on any atom is 0.189 e. The Bertz CT molecular complexity index is 450. The van der Waals surface area contributed by atoms with Crippen LogP contribution in [0.25, 0.3) is 0 Å². The van der Waals surface area contributed by atoms with Crippen molar-refractivity contribution >= 4 is 5.84 Å². The van der Waals surface area contributed by atoms with Gasteiger partial charge in [0.15, 0.2) is 5.84 Å². The van der Waals surface area contributed by atoms with Crippen LogP contribution in [0.15, 0.2) is 23.5 Å². The Morgan fingerprint density at radius 2 is 2.53 bits per heavy atom. The molecule has 1 atom stereocenters. The Balaban J connectivity index is 2.18. The van der Waals surface area contributed by atoms with Crippen LogP contribution in [0.5, 0.6) is 0 Å². The fourth-order valence-electron chi connectivity index (χ4n) is 2.34. The molecule has 1 aliphatic heterocycles. The smallest absolute Gasteiger partial charge is 0.189 e. The van der Waals surface area contributed by atoms with Crippen molar-refractivity contribution < 1.29 is 9.94 Å². The van der Waals surface area contributed by atoms with Crippen LogP contribution in [0.4, 0.5) is 0 Å². The van der Waals surface area contributed by atoms with E-state index in [2.05, 4.69) is 22.0 Å². The minimum Gasteiger partial charge on any atom is -0.409 e. The van der Waals surface area contributed by atoms with Gasteiger partial charge in [0, 0.05) is 25.3 Å². The van der Waals surface area contributed by atoms with Crippen molar-refractivity contribution in [3.05, 3.63) is 29.6 Å². The molecule has 0 bridgehead atoms. The summed E-state index contributed by atoms with van der Waals surface area (Å²) in [6.07, 6.45) is 2.69. The number of hydrogen-bond acceptors (Lipinski definition) is 5. The average Bonchev–Trinajstić information content (AvgIpc) is 2.47. The van der Waals surface area contributed by atoms with Crippen molar-refractivity contribution in [1.29, 1.82) is 0 Å². The molecule has 1 fully saturated rings. The highest BCUT2D eigenvalue weighted by atomic mass is 16.5. The zero-order valence-corrected chi connectivity index (χ0v) is 11.1. The van der Waals surface area contributed by atoms with Crippen LogP contribution >= 0.6 is 0 Å². The molecule has 1 aromatic heterocycles. The van der Waals surface area contributed by atoms with Gasteiger partial charge in [0.25, 0.3) is 0 Å². The van der Waals surface area contributed by atoms with E-state index in [4.69, 9.17) is 15.7 Å². The lowest BCUT2D eigenvalue weighted by molar-refractivity contribution is -0.0127. The van der Waals surface area contributed by atoms with Gasteiger partial charge in [-0.2, -0.15) is 0 Å². The van der Waals surface area contributed by atoms with Crippen molar-refractivity contribution in [2.24, 2.45) is 10.9 Å². The minimum absolute atomic E-state index is 0.0527. The summed E-state index contributed by atoms with van der Waals surface area (Å²) in [5, 5.41) is 11.8. The van der Waals surface area contributed by atoms with E-state index in [1.54, 1.807) is 6.20 Å². The molecule has 6 nitrogen and oxygen atoms in total. The van der Waals surface area contributed by atoms with Gasteiger partial charge in [-0.1, -0.05) is 18.1 Å². The molecule has 0 spiro atoms. The first-order valence-corrected chi connectivity index (χ1v) is 6.49. The average molecular weight is 264 g/mol. The SMILES string of the molecule is CCC1COCCN1Cc1cccnc1C(N)=NO. The normalized spacial score (nSPS) is 21.5. The second kappa shape index (κ2) is 6.49. The first kappa shape index (κ1) is 13.8. The molecule has 1 unspecified atom stereocenters. The number of morpholine rings is 1. The second-order valence-corrected chi connectivity index (χ2v) is 4.60. The van der Waals surface area contributed by atoms with Gasteiger partial charge in [-0.3, -0.25) is 9.88 Å². The quantitative estimate of drug-likeness (QED) is 0.363. The van der Waals surface area contributed by atoms with Crippen LogP contribution in [0.3, 0.4) is 0 Å². The van der Waals surface area contributed by atoms with Crippen LogP contribution in [-0.2, 0) is 11.3 Å².